The minimum Gasteiger partial charge on any atom is -0.469 e. The summed E-state index contributed by atoms with van der Waals surface area (Å²) in [6.07, 6.45) is 0.811. The molecule has 0 saturated carbocycles. The highest BCUT2D eigenvalue weighted by atomic mass is 19.1. The maximum atomic E-state index is 13.0. The van der Waals surface area contributed by atoms with Gasteiger partial charge in [-0.3, -0.25) is 4.79 Å². The second-order valence-electron chi connectivity index (χ2n) is 4.72. The summed E-state index contributed by atoms with van der Waals surface area (Å²) in [5.41, 5.74) is 0.702. The number of nitrogens with one attached hydrogen (secondary N) is 1. The molecule has 1 aliphatic rings. The smallest absolute Gasteiger partial charge is 0.310 e. The van der Waals surface area contributed by atoms with E-state index in [-0.39, 0.29) is 23.1 Å². The molecule has 0 bridgehead atoms. The van der Waals surface area contributed by atoms with E-state index < -0.39 is 0 Å². The number of halogens is 1. The molecule has 0 amide bonds. The van der Waals surface area contributed by atoms with Gasteiger partial charge in [-0.05, 0) is 24.1 Å². The van der Waals surface area contributed by atoms with Crippen LogP contribution in [-0.4, -0.2) is 26.2 Å². The Hall–Kier alpha value is -1.42. The quantitative estimate of drug-likeness (QED) is 0.833. The zero-order chi connectivity index (χ0) is 13.2. The first-order valence-electron chi connectivity index (χ1n) is 6.18. The maximum absolute atomic E-state index is 13.0. The Morgan fingerprint density at radius 2 is 2.17 bits per heavy atom. The van der Waals surface area contributed by atoms with Crippen LogP contribution in [0.3, 0.4) is 0 Å². The van der Waals surface area contributed by atoms with Crippen LogP contribution in [0.4, 0.5) is 4.39 Å². The molecule has 2 unspecified atom stereocenters. The fraction of sp³-hybridized carbons (Fsp3) is 0.500. The number of methoxy groups -OCH3 is 1. The van der Waals surface area contributed by atoms with Gasteiger partial charge in [0.15, 0.2) is 0 Å². The van der Waals surface area contributed by atoms with Crippen LogP contribution in [0.2, 0.25) is 0 Å². The fourth-order valence-corrected chi connectivity index (χ4v) is 2.87. The number of carbonyl (C=O) groups is 1. The molecule has 1 aliphatic heterocycles. The van der Waals surface area contributed by atoms with Crippen LogP contribution in [0.1, 0.15) is 18.9 Å². The summed E-state index contributed by atoms with van der Waals surface area (Å²) in [6.45, 7) is 3.37. The van der Waals surface area contributed by atoms with Crippen LogP contribution >= 0.6 is 0 Å². The maximum Gasteiger partial charge on any atom is 0.310 e. The molecule has 2 atom stereocenters. The van der Waals surface area contributed by atoms with Gasteiger partial charge in [0.1, 0.15) is 5.82 Å². The molecule has 1 saturated heterocycles. The van der Waals surface area contributed by atoms with E-state index in [4.69, 9.17) is 4.74 Å². The molecule has 2 rings (SSSR count). The number of benzene rings is 1. The van der Waals surface area contributed by atoms with E-state index in [9.17, 15) is 9.18 Å². The van der Waals surface area contributed by atoms with Crippen LogP contribution in [0, 0.1) is 11.7 Å². The lowest BCUT2D eigenvalue weighted by atomic mass is 9.70. The van der Waals surface area contributed by atoms with E-state index in [1.54, 1.807) is 12.1 Å². The Bertz CT molecular complexity index is 432. The molecule has 0 radical (unpaired) electrons. The molecule has 1 aromatic rings. The minimum absolute atomic E-state index is 0.203. The number of esters is 1. The zero-order valence-electron chi connectivity index (χ0n) is 10.7. The zero-order valence-corrected chi connectivity index (χ0v) is 10.7. The summed E-state index contributed by atoms with van der Waals surface area (Å²) in [7, 11) is 1.41. The predicted molar refractivity (Wildman–Crippen MR) is 66.7 cm³/mol. The monoisotopic (exact) mass is 251 g/mol. The van der Waals surface area contributed by atoms with Crippen molar-refractivity contribution in [2.75, 3.05) is 20.2 Å². The fourth-order valence-electron chi connectivity index (χ4n) is 2.87. The lowest BCUT2D eigenvalue weighted by molar-refractivity contribution is -0.146. The van der Waals surface area contributed by atoms with E-state index in [2.05, 4.69) is 5.32 Å². The standard InChI is InChI=1S/C14H18FNO2/c1-3-14(10-4-6-11(15)7-5-10)9-16-8-12(14)13(17)18-2/h4-7,12,16H,3,8-9H2,1-2H3. The van der Waals surface area contributed by atoms with Gasteiger partial charge in [0.25, 0.3) is 0 Å². The van der Waals surface area contributed by atoms with Crippen molar-refractivity contribution in [2.45, 2.75) is 18.8 Å². The molecule has 0 spiro atoms. The Morgan fingerprint density at radius 1 is 1.50 bits per heavy atom. The normalized spacial score (nSPS) is 27.2. The van der Waals surface area contributed by atoms with E-state index in [0.29, 0.717) is 6.54 Å². The van der Waals surface area contributed by atoms with Crippen molar-refractivity contribution < 1.29 is 13.9 Å². The molecule has 1 fully saturated rings. The molecule has 18 heavy (non-hydrogen) atoms. The van der Waals surface area contributed by atoms with Gasteiger partial charge in [-0.25, -0.2) is 4.39 Å². The van der Waals surface area contributed by atoms with Crippen molar-refractivity contribution in [2.24, 2.45) is 5.92 Å². The SMILES string of the molecule is CCC1(c2ccc(F)cc2)CNCC1C(=O)OC. The highest BCUT2D eigenvalue weighted by Gasteiger charge is 2.47. The summed E-state index contributed by atoms with van der Waals surface area (Å²) in [6, 6.07) is 6.42. The second-order valence-corrected chi connectivity index (χ2v) is 4.72. The van der Waals surface area contributed by atoms with E-state index in [0.717, 1.165) is 18.5 Å². The van der Waals surface area contributed by atoms with Crippen LogP contribution < -0.4 is 5.32 Å². The molecule has 1 aromatic carbocycles. The molecule has 1 heterocycles. The third-order valence-electron chi connectivity index (χ3n) is 3.99. The summed E-state index contributed by atoms with van der Waals surface area (Å²) < 4.78 is 17.9. The van der Waals surface area contributed by atoms with Crippen molar-refractivity contribution in [3.63, 3.8) is 0 Å². The highest BCUT2D eigenvalue weighted by Crippen LogP contribution is 2.39. The Balaban J connectivity index is 2.40. The summed E-state index contributed by atoms with van der Waals surface area (Å²) in [4.78, 5) is 11.9. The lowest BCUT2D eigenvalue weighted by Gasteiger charge is -2.32. The van der Waals surface area contributed by atoms with Gasteiger partial charge in [0, 0.05) is 18.5 Å². The first kappa shape index (κ1) is 13.0. The average molecular weight is 251 g/mol. The van der Waals surface area contributed by atoms with Gasteiger partial charge in [0.2, 0.25) is 0 Å². The predicted octanol–water partition coefficient (Wildman–Crippen LogP) is 1.87. The number of hydrogen-bond donors (Lipinski definition) is 1. The third kappa shape index (κ3) is 2.01. The Labute approximate surface area is 106 Å². The summed E-state index contributed by atoms with van der Waals surface area (Å²) >= 11 is 0. The topological polar surface area (TPSA) is 38.3 Å². The number of rotatable bonds is 3. The number of hydrogen-bond acceptors (Lipinski definition) is 3. The molecule has 0 aliphatic carbocycles. The average Bonchev–Trinajstić information content (AvgIpc) is 2.83. The molecule has 1 N–H and O–H groups in total. The van der Waals surface area contributed by atoms with Gasteiger partial charge < -0.3 is 10.1 Å². The van der Waals surface area contributed by atoms with Crippen molar-refractivity contribution in [3.8, 4) is 0 Å². The molecule has 98 valence electrons. The van der Waals surface area contributed by atoms with E-state index in [1.807, 2.05) is 6.92 Å². The largest absolute Gasteiger partial charge is 0.469 e. The Morgan fingerprint density at radius 3 is 2.72 bits per heavy atom. The molecular formula is C14H18FNO2. The first-order chi connectivity index (χ1) is 8.64. The molecular weight excluding hydrogens is 233 g/mol. The van der Waals surface area contributed by atoms with Crippen LogP contribution in [0.15, 0.2) is 24.3 Å². The van der Waals surface area contributed by atoms with Gasteiger partial charge in [-0.1, -0.05) is 19.1 Å². The summed E-state index contributed by atoms with van der Waals surface area (Å²) in [5, 5.41) is 3.25. The van der Waals surface area contributed by atoms with Crippen LogP contribution in [0.5, 0.6) is 0 Å². The number of carbonyl (C=O) groups excluding carboxylic acids is 1. The van der Waals surface area contributed by atoms with Crippen LogP contribution in [-0.2, 0) is 14.9 Å². The number of ether oxygens (including phenoxy) is 1. The van der Waals surface area contributed by atoms with E-state index in [1.165, 1.54) is 19.2 Å². The minimum atomic E-state index is -0.291. The van der Waals surface area contributed by atoms with Crippen molar-refractivity contribution in [1.29, 1.82) is 0 Å². The summed E-state index contributed by atoms with van der Waals surface area (Å²) in [5.74, 6) is -0.672. The highest BCUT2D eigenvalue weighted by molar-refractivity contribution is 5.75. The van der Waals surface area contributed by atoms with Gasteiger partial charge >= 0.3 is 5.97 Å². The molecule has 4 heteroatoms. The second kappa shape index (κ2) is 5.06. The third-order valence-corrected chi connectivity index (χ3v) is 3.99. The lowest BCUT2D eigenvalue weighted by Crippen LogP contribution is -2.39. The van der Waals surface area contributed by atoms with Gasteiger partial charge in [0.05, 0.1) is 13.0 Å². The van der Waals surface area contributed by atoms with Gasteiger partial charge in [-0.2, -0.15) is 0 Å². The van der Waals surface area contributed by atoms with E-state index >= 15 is 0 Å². The first-order valence-corrected chi connectivity index (χ1v) is 6.18. The van der Waals surface area contributed by atoms with Crippen molar-refractivity contribution in [3.05, 3.63) is 35.6 Å². The molecule has 0 aromatic heterocycles. The van der Waals surface area contributed by atoms with Crippen molar-refractivity contribution in [1.82, 2.24) is 5.32 Å². The van der Waals surface area contributed by atoms with Crippen LogP contribution in [0.25, 0.3) is 0 Å². The van der Waals surface area contributed by atoms with Gasteiger partial charge in [-0.15, -0.1) is 0 Å². The van der Waals surface area contributed by atoms with Crippen molar-refractivity contribution >= 4 is 5.97 Å². The Kier molecular flexibility index (Phi) is 3.66. The molecule has 3 nitrogen and oxygen atoms in total.